The molecular formula is C12H19N. The van der Waals surface area contributed by atoms with Crippen LogP contribution in [0.4, 0.5) is 0 Å². The fourth-order valence-corrected chi connectivity index (χ4v) is 2.69. The van der Waals surface area contributed by atoms with Crippen LogP contribution in [0, 0.1) is 17.8 Å². The van der Waals surface area contributed by atoms with Gasteiger partial charge < -0.3 is 4.90 Å². The van der Waals surface area contributed by atoms with E-state index in [-0.39, 0.29) is 0 Å². The fraction of sp³-hybridized carbons (Fsp3) is 0.750. The number of nitrogens with zero attached hydrogens (tertiary/aromatic N) is 1. The maximum Gasteiger partial charge on any atom is 0.0167 e. The molecule has 1 heterocycles. The van der Waals surface area contributed by atoms with Crippen molar-refractivity contribution in [2.24, 2.45) is 17.8 Å². The van der Waals surface area contributed by atoms with Gasteiger partial charge in [0.1, 0.15) is 0 Å². The van der Waals surface area contributed by atoms with Crippen molar-refractivity contribution in [3.8, 4) is 0 Å². The highest BCUT2D eigenvalue weighted by molar-refractivity contribution is 5.04. The lowest BCUT2D eigenvalue weighted by atomic mass is 9.77. The van der Waals surface area contributed by atoms with Crippen LogP contribution in [-0.4, -0.2) is 24.5 Å². The summed E-state index contributed by atoms with van der Waals surface area (Å²) in [6, 6.07) is 0.861. The van der Waals surface area contributed by atoms with Crippen LogP contribution in [-0.2, 0) is 0 Å². The van der Waals surface area contributed by atoms with Crippen LogP contribution < -0.4 is 0 Å². The van der Waals surface area contributed by atoms with Gasteiger partial charge >= 0.3 is 0 Å². The molecule has 0 aromatic rings. The second-order valence-corrected chi connectivity index (χ2v) is 4.66. The van der Waals surface area contributed by atoms with E-state index in [1.807, 2.05) is 0 Å². The Morgan fingerprint density at radius 2 is 2.23 bits per heavy atom. The molecule has 13 heavy (non-hydrogen) atoms. The lowest BCUT2D eigenvalue weighted by Gasteiger charge is -2.48. The highest BCUT2D eigenvalue weighted by Gasteiger charge is 2.47. The lowest BCUT2D eigenvalue weighted by molar-refractivity contribution is 0.00451. The first kappa shape index (κ1) is 9.05. The first-order chi connectivity index (χ1) is 6.24. The van der Waals surface area contributed by atoms with E-state index in [1.165, 1.54) is 19.4 Å². The third kappa shape index (κ3) is 1.59. The van der Waals surface area contributed by atoms with Gasteiger partial charge in [-0.1, -0.05) is 13.5 Å². The summed E-state index contributed by atoms with van der Waals surface area (Å²) in [4.78, 5) is 2.51. The van der Waals surface area contributed by atoms with Crippen molar-refractivity contribution >= 4 is 0 Å². The monoisotopic (exact) mass is 177 g/mol. The average Bonchev–Trinajstić information content (AvgIpc) is 2.84. The predicted octanol–water partition coefficient (Wildman–Crippen LogP) is 2.30. The maximum atomic E-state index is 3.65. The van der Waals surface area contributed by atoms with Crippen molar-refractivity contribution < 1.29 is 0 Å². The number of likely N-dealkylation sites (tertiary alicyclic amines) is 1. The van der Waals surface area contributed by atoms with Gasteiger partial charge in [-0.25, -0.2) is 0 Å². The summed E-state index contributed by atoms with van der Waals surface area (Å²) < 4.78 is 0. The zero-order chi connectivity index (χ0) is 9.42. The Bertz CT molecular complexity index is 234. The predicted molar refractivity (Wildman–Crippen MR) is 55.5 cm³/mol. The molecular weight excluding hydrogens is 158 g/mol. The van der Waals surface area contributed by atoms with Gasteiger partial charge in [-0.15, -0.1) is 5.73 Å². The Morgan fingerprint density at radius 3 is 2.69 bits per heavy atom. The maximum absolute atomic E-state index is 3.65. The molecule has 0 amide bonds. The van der Waals surface area contributed by atoms with Gasteiger partial charge in [-0.05, 0) is 43.7 Å². The largest absolute Gasteiger partial charge is 0.302 e. The minimum absolute atomic E-state index is 0.666. The summed E-state index contributed by atoms with van der Waals surface area (Å²) in [6.07, 6.45) is 5.04. The van der Waals surface area contributed by atoms with Gasteiger partial charge in [0, 0.05) is 12.6 Å². The third-order valence-electron chi connectivity index (χ3n) is 3.61. The topological polar surface area (TPSA) is 3.24 Å². The molecule has 0 radical (unpaired) electrons. The van der Waals surface area contributed by atoms with Gasteiger partial charge in [-0.2, -0.15) is 0 Å². The SMILES string of the molecule is C=C=CC(C)C1CN(C)[C@H]1C1CC1. The van der Waals surface area contributed by atoms with Crippen molar-refractivity contribution in [1.82, 2.24) is 4.90 Å². The van der Waals surface area contributed by atoms with Crippen LogP contribution in [0.25, 0.3) is 0 Å². The summed E-state index contributed by atoms with van der Waals surface area (Å²) in [6.45, 7) is 7.21. The van der Waals surface area contributed by atoms with Crippen molar-refractivity contribution in [3.63, 3.8) is 0 Å². The molecule has 2 rings (SSSR count). The molecule has 0 aromatic carbocycles. The first-order valence-corrected chi connectivity index (χ1v) is 5.30. The smallest absolute Gasteiger partial charge is 0.0167 e. The number of rotatable bonds is 3. The normalized spacial score (nSPS) is 36.2. The molecule has 3 atom stereocenters. The van der Waals surface area contributed by atoms with Crippen LogP contribution in [0.3, 0.4) is 0 Å². The third-order valence-corrected chi connectivity index (χ3v) is 3.61. The van der Waals surface area contributed by atoms with Crippen molar-refractivity contribution in [3.05, 3.63) is 18.4 Å². The van der Waals surface area contributed by atoms with Crippen LogP contribution in [0.1, 0.15) is 19.8 Å². The summed E-state index contributed by atoms with van der Waals surface area (Å²) >= 11 is 0. The van der Waals surface area contributed by atoms with Gasteiger partial charge in [0.05, 0.1) is 0 Å². The van der Waals surface area contributed by atoms with E-state index >= 15 is 0 Å². The molecule has 1 saturated carbocycles. The summed E-state index contributed by atoms with van der Waals surface area (Å²) in [5, 5.41) is 0. The number of hydrogen-bond acceptors (Lipinski definition) is 1. The van der Waals surface area contributed by atoms with Crippen molar-refractivity contribution in [2.75, 3.05) is 13.6 Å². The van der Waals surface area contributed by atoms with Gasteiger partial charge in [0.25, 0.3) is 0 Å². The zero-order valence-corrected chi connectivity index (χ0v) is 8.66. The number of allylic oxidation sites excluding steroid dienone is 1. The van der Waals surface area contributed by atoms with E-state index in [2.05, 4.69) is 37.3 Å². The molecule has 72 valence electrons. The second kappa shape index (κ2) is 3.32. The zero-order valence-electron chi connectivity index (χ0n) is 8.66. The summed E-state index contributed by atoms with van der Waals surface area (Å²) in [5.41, 5.74) is 2.92. The fourth-order valence-electron chi connectivity index (χ4n) is 2.69. The Kier molecular flexibility index (Phi) is 2.31. The van der Waals surface area contributed by atoms with Gasteiger partial charge in [0.2, 0.25) is 0 Å². The molecule has 2 aliphatic rings. The van der Waals surface area contributed by atoms with Crippen LogP contribution in [0.5, 0.6) is 0 Å². The van der Waals surface area contributed by atoms with E-state index < -0.39 is 0 Å². The van der Waals surface area contributed by atoms with E-state index in [9.17, 15) is 0 Å². The molecule has 1 aliphatic carbocycles. The molecule has 1 saturated heterocycles. The van der Waals surface area contributed by atoms with E-state index in [4.69, 9.17) is 0 Å². The molecule has 0 N–H and O–H groups in total. The summed E-state index contributed by atoms with van der Waals surface area (Å²) in [5.74, 6) is 2.54. The summed E-state index contributed by atoms with van der Waals surface area (Å²) in [7, 11) is 2.25. The van der Waals surface area contributed by atoms with Crippen LogP contribution in [0.2, 0.25) is 0 Å². The van der Waals surface area contributed by atoms with Crippen LogP contribution in [0.15, 0.2) is 18.4 Å². The number of hydrogen-bond donors (Lipinski definition) is 0. The highest BCUT2D eigenvalue weighted by atomic mass is 15.2. The molecule has 0 aromatic heterocycles. The Morgan fingerprint density at radius 1 is 1.54 bits per heavy atom. The van der Waals surface area contributed by atoms with E-state index in [0.717, 1.165) is 17.9 Å². The van der Waals surface area contributed by atoms with Gasteiger partial charge in [-0.3, -0.25) is 0 Å². The van der Waals surface area contributed by atoms with E-state index in [0.29, 0.717) is 5.92 Å². The highest BCUT2D eigenvalue weighted by Crippen LogP contribution is 2.45. The van der Waals surface area contributed by atoms with Crippen molar-refractivity contribution in [2.45, 2.75) is 25.8 Å². The molecule has 2 fully saturated rings. The molecule has 1 heteroatoms. The molecule has 1 nitrogen and oxygen atoms in total. The standard InChI is InChI=1S/C12H19N/c1-4-5-9(2)11-8-13(3)12(11)10-6-7-10/h5,9-12H,1,6-8H2,2-3H3/t9?,11?,12-/m0/s1. The molecule has 1 aliphatic heterocycles. The first-order valence-electron chi connectivity index (χ1n) is 5.30. The average molecular weight is 177 g/mol. The molecule has 2 unspecified atom stereocenters. The Labute approximate surface area is 81.1 Å². The second-order valence-electron chi connectivity index (χ2n) is 4.66. The molecule has 0 spiro atoms. The lowest BCUT2D eigenvalue weighted by Crippen LogP contribution is -2.57. The van der Waals surface area contributed by atoms with E-state index in [1.54, 1.807) is 0 Å². The van der Waals surface area contributed by atoms with Crippen molar-refractivity contribution in [1.29, 1.82) is 0 Å². The van der Waals surface area contributed by atoms with Gasteiger partial charge in [0.15, 0.2) is 0 Å². The minimum atomic E-state index is 0.666. The Hall–Kier alpha value is -0.520. The quantitative estimate of drug-likeness (QED) is 0.598. The minimum Gasteiger partial charge on any atom is -0.302 e. The van der Waals surface area contributed by atoms with Crippen LogP contribution >= 0.6 is 0 Å². The molecule has 0 bridgehead atoms. The Balaban J connectivity index is 1.96.